The van der Waals surface area contributed by atoms with E-state index in [0.717, 1.165) is 14.6 Å². The summed E-state index contributed by atoms with van der Waals surface area (Å²) in [5.74, 6) is -0.387. The summed E-state index contributed by atoms with van der Waals surface area (Å²) in [7, 11) is 0. The Hall–Kier alpha value is -2.93. The van der Waals surface area contributed by atoms with Crippen molar-refractivity contribution in [3.63, 3.8) is 0 Å². The largest absolute Gasteiger partial charge is 0.325 e. The van der Waals surface area contributed by atoms with E-state index in [-0.39, 0.29) is 12.5 Å². The summed E-state index contributed by atoms with van der Waals surface area (Å²) < 4.78 is 3.29. The molecule has 0 fully saturated rings. The predicted octanol–water partition coefficient (Wildman–Crippen LogP) is 2.71. The molecule has 1 amide bonds. The third-order valence-electron chi connectivity index (χ3n) is 3.88. The van der Waals surface area contributed by atoms with Crippen molar-refractivity contribution >= 4 is 27.5 Å². The summed E-state index contributed by atoms with van der Waals surface area (Å²) in [6.45, 7) is 1.62. The van der Waals surface area contributed by atoms with Gasteiger partial charge in [0.15, 0.2) is 0 Å². The van der Waals surface area contributed by atoms with Gasteiger partial charge in [-0.3, -0.25) is 23.5 Å². The van der Waals surface area contributed by atoms with Crippen LogP contribution in [0.15, 0.2) is 75.0 Å². The molecule has 132 valence electrons. The highest BCUT2D eigenvalue weighted by molar-refractivity contribution is 9.10. The zero-order valence-corrected chi connectivity index (χ0v) is 15.6. The van der Waals surface area contributed by atoms with E-state index in [9.17, 15) is 14.4 Å². The van der Waals surface area contributed by atoms with Gasteiger partial charge in [-0.1, -0.05) is 34.1 Å². The summed E-state index contributed by atoms with van der Waals surface area (Å²) >= 11 is 3.32. The fraction of sp³-hybridized carbons (Fsp3) is 0.105. The second-order valence-corrected chi connectivity index (χ2v) is 6.66. The van der Waals surface area contributed by atoms with Crippen LogP contribution in [0.1, 0.15) is 5.56 Å². The number of aromatic nitrogens is 2. The number of nitrogens with one attached hydrogen (secondary N) is 1. The van der Waals surface area contributed by atoms with Gasteiger partial charge in [0, 0.05) is 22.6 Å². The van der Waals surface area contributed by atoms with Crippen molar-refractivity contribution < 1.29 is 4.79 Å². The van der Waals surface area contributed by atoms with Crippen molar-refractivity contribution in [3.05, 3.63) is 91.7 Å². The molecule has 3 aromatic rings. The molecule has 6 nitrogen and oxygen atoms in total. The van der Waals surface area contributed by atoms with E-state index in [0.29, 0.717) is 11.4 Å². The van der Waals surface area contributed by atoms with E-state index < -0.39 is 11.1 Å². The smallest absolute Gasteiger partial charge is 0.320 e. The van der Waals surface area contributed by atoms with E-state index in [1.807, 2.05) is 19.1 Å². The highest BCUT2D eigenvalue weighted by atomic mass is 79.9. The predicted molar refractivity (Wildman–Crippen MR) is 104 cm³/mol. The molecule has 3 rings (SSSR count). The molecule has 0 saturated heterocycles. The number of para-hydroxylation sites is 1. The van der Waals surface area contributed by atoms with Crippen LogP contribution in [0.3, 0.4) is 0 Å². The van der Waals surface area contributed by atoms with Crippen LogP contribution in [-0.4, -0.2) is 15.0 Å². The van der Waals surface area contributed by atoms with Crippen LogP contribution in [-0.2, 0) is 11.3 Å². The number of hydrogen-bond acceptors (Lipinski definition) is 3. The number of rotatable bonds is 4. The summed E-state index contributed by atoms with van der Waals surface area (Å²) in [6, 6.07) is 14.3. The van der Waals surface area contributed by atoms with Crippen LogP contribution in [0.25, 0.3) is 5.69 Å². The minimum absolute atomic E-state index is 0.237. The van der Waals surface area contributed by atoms with Gasteiger partial charge in [-0.05, 0) is 42.8 Å². The molecule has 0 radical (unpaired) electrons. The topological polar surface area (TPSA) is 73.1 Å². The van der Waals surface area contributed by atoms with E-state index in [1.165, 1.54) is 17.0 Å². The van der Waals surface area contributed by atoms with E-state index in [1.54, 1.807) is 36.4 Å². The fourth-order valence-electron chi connectivity index (χ4n) is 2.54. The second-order valence-electron chi connectivity index (χ2n) is 5.75. The van der Waals surface area contributed by atoms with Gasteiger partial charge >= 0.3 is 11.1 Å². The standard InChI is InChI=1S/C19H16BrN3O3/c1-13-4-2-3-5-16(13)23-11-10-22(18(25)19(23)26)12-17(24)21-15-8-6-14(20)7-9-15/h2-11H,12H2,1H3,(H,21,24). The Balaban J connectivity index is 1.84. The molecule has 26 heavy (non-hydrogen) atoms. The number of benzene rings is 2. The lowest BCUT2D eigenvalue weighted by Gasteiger charge is -2.11. The van der Waals surface area contributed by atoms with E-state index >= 15 is 0 Å². The zero-order valence-electron chi connectivity index (χ0n) is 14.0. The molecular weight excluding hydrogens is 398 g/mol. The SMILES string of the molecule is Cc1ccccc1-n1ccn(CC(=O)Nc2ccc(Br)cc2)c(=O)c1=O. The van der Waals surface area contributed by atoms with Crippen LogP contribution in [0, 0.1) is 6.92 Å². The maximum absolute atomic E-state index is 12.4. The fourth-order valence-corrected chi connectivity index (χ4v) is 2.81. The van der Waals surface area contributed by atoms with E-state index in [2.05, 4.69) is 21.2 Å². The monoisotopic (exact) mass is 413 g/mol. The van der Waals surface area contributed by atoms with Crippen molar-refractivity contribution in [1.29, 1.82) is 0 Å². The Morgan fingerprint density at radius 2 is 1.69 bits per heavy atom. The third kappa shape index (κ3) is 3.83. The van der Waals surface area contributed by atoms with Gasteiger partial charge in [0.05, 0.1) is 5.69 Å². The lowest BCUT2D eigenvalue weighted by molar-refractivity contribution is -0.116. The Morgan fingerprint density at radius 1 is 1.00 bits per heavy atom. The van der Waals surface area contributed by atoms with Crippen molar-refractivity contribution in [2.75, 3.05) is 5.32 Å². The average molecular weight is 414 g/mol. The first-order chi connectivity index (χ1) is 12.5. The van der Waals surface area contributed by atoms with Crippen molar-refractivity contribution in [1.82, 2.24) is 9.13 Å². The van der Waals surface area contributed by atoms with Crippen molar-refractivity contribution in [3.8, 4) is 5.69 Å². The molecule has 0 spiro atoms. The first-order valence-electron chi connectivity index (χ1n) is 7.89. The van der Waals surface area contributed by atoms with Gasteiger partial charge in [0.2, 0.25) is 5.91 Å². The molecule has 0 aliphatic heterocycles. The number of carbonyl (C=O) groups is 1. The number of nitrogens with zero attached hydrogens (tertiary/aromatic N) is 2. The molecular formula is C19H16BrN3O3. The number of hydrogen-bond donors (Lipinski definition) is 1. The van der Waals surface area contributed by atoms with Crippen LogP contribution >= 0.6 is 15.9 Å². The molecule has 0 bridgehead atoms. The summed E-state index contributed by atoms with van der Waals surface area (Å²) in [5, 5.41) is 2.69. The maximum Gasteiger partial charge on any atom is 0.320 e. The summed E-state index contributed by atoms with van der Waals surface area (Å²) in [5.41, 5.74) is 0.681. The molecule has 1 N–H and O–H groups in total. The maximum atomic E-state index is 12.4. The lowest BCUT2D eigenvalue weighted by Crippen LogP contribution is -2.41. The normalized spacial score (nSPS) is 10.5. The molecule has 0 saturated carbocycles. The van der Waals surface area contributed by atoms with Crippen LogP contribution in [0.4, 0.5) is 5.69 Å². The Labute approximate surface area is 157 Å². The zero-order chi connectivity index (χ0) is 18.7. The molecule has 1 heterocycles. The first kappa shape index (κ1) is 17.9. The van der Waals surface area contributed by atoms with Crippen molar-refractivity contribution in [2.24, 2.45) is 0 Å². The molecule has 2 aromatic carbocycles. The number of anilines is 1. The van der Waals surface area contributed by atoms with Gasteiger partial charge in [0.25, 0.3) is 0 Å². The van der Waals surface area contributed by atoms with E-state index in [4.69, 9.17) is 0 Å². The molecule has 0 unspecified atom stereocenters. The van der Waals surface area contributed by atoms with Gasteiger partial charge in [-0.2, -0.15) is 0 Å². The Kier molecular flexibility index (Phi) is 5.18. The minimum Gasteiger partial charge on any atom is -0.325 e. The third-order valence-corrected chi connectivity index (χ3v) is 4.40. The number of amides is 1. The molecule has 7 heteroatoms. The summed E-state index contributed by atoms with van der Waals surface area (Å²) in [6.07, 6.45) is 2.94. The quantitative estimate of drug-likeness (QED) is 0.668. The first-order valence-corrected chi connectivity index (χ1v) is 8.68. The average Bonchev–Trinajstić information content (AvgIpc) is 2.62. The number of halogens is 1. The minimum atomic E-state index is -0.748. The molecule has 0 atom stereocenters. The van der Waals surface area contributed by atoms with Crippen LogP contribution < -0.4 is 16.4 Å². The van der Waals surface area contributed by atoms with Gasteiger partial charge < -0.3 is 5.32 Å². The summed E-state index contributed by atoms with van der Waals surface area (Å²) in [4.78, 5) is 36.9. The molecule has 0 aliphatic rings. The highest BCUT2D eigenvalue weighted by Gasteiger charge is 2.11. The van der Waals surface area contributed by atoms with Crippen LogP contribution in [0.2, 0.25) is 0 Å². The molecule has 1 aromatic heterocycles. The van der Waals surface area contributed by atoms with Gasteiger partial charge in [-0.15, -0.1) is 0 Å². The molecule has 0 aliphatic carbocycles. The number of aryl methyl sites for hydroxylation is 1. The van der Waals surface area contributed by atoms with Crippen LogP contribution in [0.5, 0.6) is 0 Å². The second kappa shape index (κ2) is 7.53. The van der Waals surface area contributed by atoms with Gasteiger partial charge in [0.1, 0.15) is 6.54 Å². The Morgan fingerprint density at radius 3 is 2.38 bits per heavy atom. The number of carbonyl (C=O) groups excluding carboxylic acids is 1. The van der Waals surface area contributed by atoms with Gasteiger partial charge in [-0.25, -0.2) is 0 Å². The lowest BCUT2D eigenvalue weighted by atomic mass is 10.2. The van der Waals surface area contributed by atoms with Crippen molar-refractivity contribution in [2.45, 2.75) is 13.5 Å². The highest BCUT2D eigenvalue weighted by Crippen LogP contribution is 2.14. The Bertz CT molecular complexity index is 1070.